The van der Waals surface area contributed by atoms with Crippen molar-refractivity contribution < 1.29 is 0 Å². The quantitative estimate of drug-likeness (QED) is 0.875. The Bertz CT molecular complexity index is 578. The van der Waals surface area contributed by atoms with Crippen molar-refractivity contribution in [2.75, 3.05) is 11.4 Å². The van der Waals surface area contributed by atoms with Crippen LogP contribution in [-0.4, -0.2) is 11.5 Å². The maximum Gasteiger partial charge on any atom is 0.137 e. The highest BCUT2D eigenvalue weighted by atomic mass is 15.2. The molecule has 0 saturated carbocycles. The monoisotopic (exact) mass is 239 g/mol. The molecule has 1 aliphatic rings. The van der Waals surface area contributed by atoms with Gasteiger partial charge in [0.25, 0.3) is 0 Å². The first-order valence-electron chi connectivity index (χ1n) is 6.31. The van der Waals surface area contributed by atoms with Crippen molar-refractivity contribution in [1.29, 1.82) is 0 Å². The summed E-state index contributed by atoms with van der Waals surface area (Å²) in [6.07, 6.45) is 1.08. The van der Waals surface area contributed by atoms with Gasteiger partial charge in [-0.1, -0.05) is 24.3 Å². The summed E-state index contributed by atoms with van der Waals surface area (Å²) in [6, 6.07) is 12.6. The van der Waals surface area contributed by atoms with E-state index >= 15 is 0 Å². The fourth-order valence-electron chi connectivity index (χ4n) is 2.52. The number of hydrogen-bond acceptors (Lipinski definition) is 3. The third-order valence-electron chi connectivity index (χ3n) is 3.46. The molecule has 0 unspecified atom stereocenters. The molecule has 0 amide bonds. The van der Waals surface area contributed by atoms with Crippen molar-refractivity contribution in [1.82, 2.24) is 4.98 Å². The summed E-state index contributed by atoms with van der Waals surface area (Å²) in [5.41, 5.74) is 10.6. The molecule has 0 atom stereocenters. The lowest BCUT2D eigenvalue weighted by Crippen LogP contribution is -2.18. The van der Waals surface area contributed by atoms with E-state index in [0.717, 1.165) is 30.0 Å². The van der Waals surface area contributed by atoms with Gasteiger partial charge >= 0.3 is 0 Å². The first kappa shape index (κ1) is 11.2. The minimum absolute atomic E-state index is 0.529. The van der Waals surface area contributed by atoms with Crippen LogP contribution in [0.1, 0.15) is 16.8 Å². The molecule has 0 aliphatic carbocycles. The van der Waals surface area contributed by atoms with Crippen molar-refractivity contribution >= 4 is 11.5 Å². The second kappa shape index (κ2) is 4.42. The van der Waals surface area contributed by atoms with Gasteiger partial charge in [0.05, 0.1) is 0 Å². The summed E-state index contributed by atoms with van der Waals surface area (Å²) in [5.74, 6) is 1.02. The van der Waals surface area contributed by atoms with Gasteiger partial charge in [-0.15, -0.1) is 0 Å². The first-order valence-corrected chi connectivity index (χ1v) is 6.31. The van der Waals surface area contributed by atoms with Crippen molar-refractivity contribution in [3.8, 4) is 0 Å². The highest BCUT2D eigenvalue weighted by molar-refractivity contribution is 5.69. The van der Waals surface area contributed by atoms with Gasteiger partial charge in [0.2, 0.25) is 0 Å². The van der Waals surface area contributed by atoms with E-state index < -0.39 is 0 Å². The van der Waals surface area contributed by atoms with E-state index in [-0.39, 0.29) is 0 Å². The largest absolute Gasteiger partial charge is 0.326 e. The number of benzene rings is 1. The predicted octanol–water partition coefficient (Wildman–Crippen LogP) is 2.54. The van der Waals surface area contributed by atoms with E-state index in [1.165, 1.54) is 11.3 Å². The van der Waals surface area contributed by atoms with Crippen molar-refractivity contribution in [3.63, 3.8) is 0 Å². The highest BCUT2D eigenvalue weighted by Crippen LogP contribution is 2.34. The van der Waals surface area contributed by atoms with Crippen molar-refractivity contribution in [2.24, 2.45) is 5.73 Å². The van der Waals surface area contributed by atoms with E-state index in [0.29, 0.717) is 6.54 Å². The molecule has 3 heteroatoms. The van der Waals surface area contributed by atoms with Crippen LogP contribution >= 0.6 is 0 Å². The SMILES string of the molecule is Cc1ccc(CN)c(N2CCc3ccccc32)n1. The lowest BCUT2D eigenvalue weighted by atomic mass is 10.2. The summed E-state index contributed by atoms with van der Waals surface area (Å²) >= 11 is 0. The van der Waals surface area contributed by atoms with Gasteiger partial charge < -0.3 is 10.6 Å². The van der Waals surface area contributed by atoms with Crippen molar-refractivity contribution in [3.05, 3.63) is 53.2 Å². The van der Waals surface area contributed by atoms with Gasteiger partial charge in [-0.05, 0) is 31.0 Å². The fourth-order valence-corrected chi connectivity index (χ4v) is 2.52. The normalized spacial score (nSPS) is 13.8. The zero-order valence-electron chi connectivity index (χ0n) is 10.6. The number of hydrogen-bond donors (Lipinski definition) is 1. The minimum Gasteiger partial charge on any atom is -0.326 e. The summed E-state index contributed by atoms with van der Waals surface area (Å²) in [6.45, 7) is 3.54. The zero-order chi connectivity index (χ0) is 12.5. The van der Waals surface area contributed by atoms with Crippen LogP contribution in [0.3, 0.4) is 0 Å². The van der Waals surface area contributed by atoms with Crippen LogP contribution in [0.5, 0.6) is 0 Å². The Morgan fingerprint density at radius 2 is 2.06 bits per heavy atom. The molecule has 3 nitrogen and oxygen atoms in total. The topological polar surface area (TPSA) is 42.1 Å². The minimum atomic E-state index is 0.529. The van der Waals surface area contributed by atoms with Crippen LogP contribution in [-0.2, 0) is 13.0 Å². The molecule has 18 heavy (non-hydrogen) atoms. The molecule has 2 heterocycles. The van der Waals surface area contributed by atoms with Gasteiger partial charge in [0.1, 0.15) is 5.82 Å². The Balaban J connectivity index is 2.09. The second-order valence-electron chi connectivity index (χ2n) is 4.67. The zero-order valence-corrected chi connectivity index (χ0v) is 10.6. The molecular formula is C15H17N3. The van der Waals surface area contributed by atoms with Crippen molar-refractivity contribution in [2.45, 2.75) is 19.9 Å². The highest BCUT2D eigenvalue weighted by Gasteiger charge is 2.22. The van der Waals surface area contributed by atoms with Gasteiger partial charge in [0.15, 0.2) is 0 Å². The lowest BCUT2D eigenvalue weighted by molar-refractivity contribution is 0.934. The Kier molecular flexibility index (Phi) is 2.76. The van der Waals surface area contributed by atoms with Crippen LogP contribution in [0.2, 0.25) is 0 Å². The molecule has 1 aromatic carbocycles. The third kappa shape index (κ3) is 1.77. The lowest BCUT2D eigenvalue weighted by Gasteiger charge is -2.21. The van der Waals surface area contributed by atoms with Gasteiger partial charge in [-0.3, -0.25) is 0 Å². The molecule has 92 valence electrons. The average molecular weight is 239 g/mol. The fraction of sp³-hybridized carbons (Fsp3) is 0.267. The van der Waals surface area contributed by atoms with E-state index in [4.69, 9.17) is 5.73 Å². The molecule has 3 rings (SSSR count). The average Bonchev–Trinajstić information content (AvgIpc) is 2.82. The predicted molar refractivity (Wildman–Crippen MR) is 74.0 cm³/mol. The Labute approximate surface area is 107 Å². The Morgan fingerprint density at radius 3 is 2.89 bits per heavy atom. The number of pyridine rings is 1. The summed E-state index contributed by atoms with van der Waals surface area (Å²) < 4.78 is 0. The number of aryl methyl sites for hydroxylation is 1. The first-order chi connectivity index (χ1) is 8.79. The van der Waals surface area contributed by atoms with Crippen LogP contribution in [0, 0.1) is 6.92 Å². The molecule has 2 aromatic rings. The van der Waals surface area contributed by atoms with Gasteiger partial charge in [-0.25, -0.2) is 4.98 Å². The molecule has 2 N–H and O–H groups in total. The van der Waals surface area contributed by atoms with Crippen LogP contribution in [0.15, 0.2) is 36.4 Å². The van der Waals surface area contributed by atoms with Gasteiger partial charge in [0, 0.05) is 30.0 Å². The molecule has 1 aliphatic heterocycles. The third-order valence-corrected chi connectivity index (χ3v) is 3.46. The number of aromatic nitrogens is 1. The smallest absolute Gasteiger partial charge is 0.137 e. The van der Waals surface area contributed by atoms with Crippen LogP contribution in [0.25, 0.3) is 0 Å². The molecule has 0 radical (unpaired) electrons. The maximum atomic E-state index is 5.82. The van der Waals surface area contributed by atoms with E-state index in [1.54, 1.807) is 0 Å². The number of nitrogens with zero attached hydrogens (tertiary/aromatic N) is 2. The van der Waals surface area contributed by atoms with E-state index in [2.05, 4.69) is 40.2 Å². The maximum absolute atomic E-state index is 5.82. The molecule has 0 spiro atoms. The molecular weight excluding hydrogens is 222 g/mol. The van der Waals surface area contributed by atoms with E-state index in [1.807, 2.05) is 13.0 Å². The standard InChI is InChI=1S/C15H17N3/c1-11-6-7-13(10-16)15(17-11)18-9-8-12-4-2-3-5-14(12)18/h2-7H,8-10,16H2,1H3. The second-order valence-corrected chi connectivity index (χ2v) is 4.67. The summed E-state index contributed by atoms with van der Waals surface area (Å²) in [5, 5.41) is 0. The summed E-state index contributed by atoms with van der Waals surface area (Å²) in [4.78, 5) is 6.95. The number of rotatable bonds is 2. The molecule has 0 saturated heterocycles. The van der Waals surface area contributed by atoms with E-state index in [9.17, 15) is 0 Å². The number of nitrogens with two attached hydrogens (primary N) is 1. The van der Waals surface area contributed by atoms with Crippen LogP contribution in [0.4, 0.5) is 11.5 Å². The molecule has 1 aromatic heterocycles. The molecule has 0 bridgehead atoms. The number of para-hydroxylation sites is 1. The van der Waals surface area contributed by atoms with Crippen LogP contribution < -0.4 is 10.6 Å². The summed E-state index contributed by atoms with van der Waals surface area (Å²) in [7, 11) is 0. The number of anilines is 2. The van der Waals surface area contributed by atoms with Gasteiger partial charge in [-0.2, -0.15) is 0 Å². The Morgan fingerprint density at radius 1 is 1.22 bits per heavy atom. The molecule has 0 fully saturated rings. The number of fused-ring (bicyclic) bond motifs is 1. The Hall–Kier alpha value is -1.87.